The first-order valence-corrected chi connectivity index (χ1v) is 7.94. The van der Waals surface area contributed by atoms with Crippen molar-refractivity contribution in [3.05, 3.63) is 28.2 Å². The normalized spacial score (nSPS) is 16.8. The van der Waals surface area contributed by atoms with E-state index in [9.17, 15) is 8.42 Å². The van der Waals surface area contributed by atoms with E-state index in [0.29, 0.717) is 31.9 Å². The van der Waals surface area contributed by atoms with Crippen LogP contribution in [0.25, 0.3) is 0 Å². The molecule has 1 aromatic rings. The molecule has 0 aromatic heterocycles. The van der Waals surface area contributed by atoms with Gasteiger partial charge in [-0.15, -0.1) is 0 Å². The number of nitrogens with one attached hydrogen (secondary N) is 2. The lowest BCUT2D eigenvalue weighted by atomic mass is 10.2. The first kappa shape index (κ1) is 14.3. The molecule has 1 heterocycles. The smallest absolute Gasteiger partial charge is 0.301 e. The molecule has 19 heavy (non-hydrogen) atoms. The van der Waals surface area contributed by atoms with E-state index in [2.05, 4.69) is 26.0 Å². The van der Waals surface area contributed by atoms with Crippen molar-refractivity contribution in [2.75, 3.05) is 30.9 Å². The van der Waals surface area contributed by atoms with Crippen LogP contribution >= 0.6 is 15.9 Å². The first-order chi connectivity index (χ1) is 9.03. The van der Waals surface area contributed by atoms with Gasteiger partial charge in [0, 0.05) is 30.7 Å². The van der Waals surface area contributed by atoms with Gasteiger partial charge in [-0.05, 0) is 18.2 Å². The Kier molecular flexibility index (Phi) is 4.42. The van der Waals surface area contributed by atoms with Crippen molar-refractivity contribution in [3.8, 4) is 6.07 Å². The molecule has 2 rings (SSSR count). The lowest BCUT2D eigenvalue weighted by Crippen LogP contribution is -2.48. The van der Waals surface area contributed by atoms with E-state index in [1.54, 1.807) is 18.2 Å². The molecule has 0 unspecified atom stereocenters. The van der Waals surface area contributed by atoms with Crippen molar-refractivity contribution in [2.24, 2.45) is 0 Å². The fourth-order valence-electron chi connectivity index (χ4n) is 1.79. The summed E-state index contributed by atoms with van der Waals surface area (Å²) in [6.45, 7) is 2.11. The van der Waals surface area contributed by atoms with Crippen LogP contribution in [-0.4, -0.2) is 38.9 Å². The zero-order valence-corrected chi connectivity index (χ0v) is 12.5. The largest absolute Gasteiger partial charge is 0.314 e. The third-order valence-corrected chi connectivity index (χ3v) is 4.77. The third-order valence-electron chi connectivity index (χ3n) is 2.76. The topological polar surface area (TPSA) is 85.2 Å². The van der Waals surface area contributed by atoms with E-state index in [4.69, 9.17) is 5.26 Å². The maximum absolute atomic E-state index is 12.2. The Labute approximate surface area is 120 Å². The molecule has 1 saturated heterocycles. The van der Waals surface area contributed by atoms with Crippen LogP contribution in [0.15, 0.2) is 22.7 Å². The minimum atomic E-state index is -3.60. The van der Waals surface area contributed by atoms with E-state index >= 15 is 0 Å². The fourth-order valence-corrected chi connectivity index (χ4v) is 3.40. The number of benzene rings is 1. The Balaban J connectivity index is 2.23. The quantitative estimate of drug-likeness (QED) is 0.852. The first-order valence-electron chi connectivity index (χ1n) is 5.71. The second-order valence-corrected chi connectivity index (χ2v) is 6.64. The van der Waals surface area contributed by atoms with E-state index in [-0.39, 0.29) is 5.56 Å². The van der Waals surface area contributed by atoms with E-state index in [1.165, 1.54) is 4.31 Å². The number of anilines is 1. The number of halogens is 1. The van der Waals surface area contributed by atoms with Crippen LogP contribution in [0.5, 0.6) is 0 Å². The van der Waals surface area contributed by atoms with Crippen molar-refractivity contribution in [1.82, 2.24) is 9.62 Å². The summed E-state index contributed by atoms with van der Waals surface area (Å²) in [5.41, 5.74) is 0.581. The van der Waals surface area contributed by atoms with Crippen LogP contribution in [-0.2, 0) is 10.2 Å². The van der Waals surface area contributed by atoms with Crippen LogP contribution in [0.1, 0.15) is 5.56 Å². The van der Waals surface area contributed by atoms with Gasteiger partial charge in [0.05, 0.1) is 11.3 Å². The monoisotopic (exact) mass is 344 g/mol. The van der Waals surface area contributed by atoms with Crippen molar-refractivity contribution in [2.45, 2.75) is 0 Å². The van der Waals surface area contributed by atoms with Gasteiger partial charge in [-0.3, -0.25) is 4.72 Å². The predicted molar refractivity (Wildman–Crippen MR) is 75.8 cm³/mol. The molecule has 0 aliphatic carbocycles. The van der Waals surface area contributed by atoms with Gasteiger partial charge in [0.2, 0.25) is 0 Å². The Hall–Kier alpha value is -1.14. The molecular formula is C11H13BrN4O2S. The summed E-state index contributed by atoms with van der Waals surface area (Å²) >= 11 is 3.25. The maximum atomic E-state index is 12.2. The van der Waals surface area contributed by atoms with Crippen LogP contribution in [0.2, 0.25) is 0 Å². The number of piperazine rings is 1. The number of rotatable bonds is 3. The van der Waals surface area contributed by atoms with Crippen LogP contribution < -0.4 is 10.0 Å². The van der Waals surface area contributed by atoms with Gasteiger partial charge >= 0.3 is 10.2 Å². The Morgan fingerprint density at radius 2 is 2.05 bits per heavy atom. The highest BCUT2D eigenvalue weighted by atomic mass is 79.9. The van der Waals surface area contributed by atoms with Crippen LogP contribution in [0.3, 0.4) is 0 Å². The average Bonchev–Trinajstić information content (AvgIpc) is 2.41. The highest BCUT2D eigenvalue weighted by Gasteiger charge is 2.24. The molecule has 0 bridgehead atoms. The third kappa shape index (κ3) is 3.45. The second-order valence-electron chi connectivity index (χ2n) is 4.06. The summed E-state index contributed by atoms with van der Waals surface area (Å²) in [7, 11) is -3.60. The van der Waals surface area contributed by atoms with Gasteiger partial charge in [-0.1, -0.05) is 15.9 Å². The lowest BCUT2D eigenvalue weighted by Gasteiger charge is -2.27. The minimum Gasteiger partial charge on any atom is -0.314 e. The summed E-state index contributed by atoms with van der Waals surface area (Å²) in [4.78, 5) is 0. The molecule has 0 amide bonds. The standard InChI is InChI=1S/C11H13BrN4O2S/c12-10-1-2-11(9(7-10)8-13)15-19(17,18)16-5-3-14-4-6-16/h1-2,7,14-15H,3-6H2. The molecule has 1 fully saturated rings. The van der Waals surface area contributed by atoms with Gasteiger partial charge < -0.3 is 5.32 Å². The zero-order valence-electron chi connectivity index (χ0n) is 10.1. The fraction of sp³-hybridized carbons (Fsp3) is 0.364. The summed E-state index contributed by atoms with van der Waals surface area (Å²) in [5, 5.41) is 12.1. The summed E-state index contributed by atoms with van der Waals surface area (Å²) in [6.07, 6.45) is 0. The molecule has 1 aromatic carbocycles. The number of nitriles is 1. The highest BCUT2D eigenvalue weighted by molar-refractivity contribution is 9.10. The predicted octanol–water partition coefficient (Wildman–Crippen LogP) is 0.883. The second kappa shape index (κ2) is 5.88. The SMILES string of the molecule is N#Cc1cc(Br)ccc1NS(=O)(=O)N1CCNCC1. The molecule has 8 heteroatoms. The number of hydrogen-bond donors (Lipinski definition) is 2. The molecule has 0 atom stereocenters. The average molecular weight is 345 g/mol. The molecule has 0 saturated carbocycles. The van der Waals surface area contributed by atoms with E-state index in [0.717, 1.165) is 4.47 Å². The number of hydrogen-bond acceptors (Lipinski definition) is 4. The Bertz CT molecular complexity index is 606. The maximum Gasteiger partial charge on any atom is 0.301 e. The lowest BCUT2D eigenvalue weighted by molar-refractivity contribution is 0.362. The van der Waals surface area contributed by atoms with Gasteiger partial charge in [0.15, 0.2) is 0 Å². The van der Waals surface area contributed by atoms with Crippen molar-refractivity contribution < 1.29 is 8.42 Å². The van der Waals surface area contributed by atoms with Crippen molar-refractivity contribution >= 4 is 31.8 Å². The molecule has 1 aliphatic rings. The molecule has 102 valence electrons. The molecule has 0 spiro atoms. The van der Waals surface area contributed by atoms with Crippen LogP contribution in [0, 0.1) is 11.3 Å². The van der Waals surface area contributed by atoms with E-state index in [1.807, 2.05) is 6.07 Å². The molecule has 2 N–H and O–H groups in total. The van der Waals surface area contributed by atoms with Crippen molar-refractivity contribution in [3.63, 3.8) is 0 Å². The van der Waals surface area contributed by atoms with Gasteiger partial charge in [-0.2, -0.15) is 18.0 Å². The number of nitrogens with zero attached hydrogens (tertiary/aromatic N) is 2. The van der Waals surface area contributed by atoms with Gasteiger partial charge in [0.25, 0.3) is 0 Å². The summed E-state index contributed by atoms with van der Waals surface area (Å²) < 4.78 is 28.9. The van der Waals surface area contributed by atoms with Crippen LogP contribution in [0.4, 0.5) is 5.69 Å². The zero-order chi connectivity index (χ0) is 13.9. The molecular weight excluding hydrogens is 332 g/mol. The summed E-state index contributed by atoms with van der Waals surface area (Å²) in [5.74, 6) is 0. The van der Waals surface area contributed by atoms with Crippen molar-refractivity contribution in [1.29, 1.82) is 5.26 Å². The van der Waals surface area contributed by atoms with Gasteiger partial charge in [0.1, 0.15) is 6.07 Å². The minimum absolute atomic E-state index is 0.285. The van der Waals surface area contributed by atoms with E-state index < -0.39 is 10.2 Å². The Morgan fingerprint density at radius 3 is 2.68 bits per heavy atom. The Morgan fingerprint density at radius 1 is 1.37 bits per heavy atom. The summed E-state index contributed by atoms with van der Waals surface area (Å²) in [6, 6.07) is 6.82. The van der Waals surface area contributed by atoms with Gasteiger partial charge in [-0.25, -0.2) is 0 Å². The molecule has 1 aliphatic heterocycles. The molecule has 0 radical (unpaired) electrons. The molecule has 6 nitrogen and oxygen atoms in total. The highest BCUT2D eigenvalue weighted by Crippen LogP contribution is 2.22.